The van der Waals surface area contributed by atoms with Crippen molar-refractivity contribution in [3.8, 4) is 11.4 Å². The molecule has 0 radical (unpaired) electrons. The van der Waals surface area contributed by atoms with E-state index in [1.54, 1.807) is 16.9 Å². The molecule has 0 fully saturated rings. The van der Waals surface area contributed by atoms with Crippen molar-refractivity contribution in [1.29, 1.82) is 0 Å². The van der Waals surface area contributed by atoms with Crippen molar-refractivity contribution in [2.24, 2.45) is 0 Å². The molecular weight excluding hydrogens is 348 g/mol. The Hall–Kier alpha value is -2.51. The van der Waals surface area contributed by atoms with E-state index in [1.165, 1.54) is 18.4 Å². The standard InChI is InChI=1S/C16H11ClN4O2S/c1-8-11-14-19-13(9-5-3-4-6-10(9)17)20-21(14)7-18-15(11)24-12(8)16(22)23-2/h3-7H,1-2H3. The number of esters is 1. The first kappa shape index (κ1) is 15.0. The van der Waals surface area contributed by atoms with Crippen LogP contribution in [0.5, 0.6) is 0 Å². The summed E-state index contributed by atoms with van der Waals surface area (Å²) in [7, 11) is 1.36. The molecule has 0 saturated carbocycles. The minimum absolute atomic E-state index is 0.375. The molecule has 24 heavy (non-hydrogen) atoms. The monoisotopic (exact) mass is 358 g/mol. The van der Waals surface area contributed by atoms with Crippen molar-refractivity contribution in [3.05, 3.63) is 46.1 Å². The summed E-state index contributed by atoms with van der Waals surface area (Å²) in [6.45, 7) is 1.86. The number of methoxy groups -OCH3 is 1. The molecule has 120 valence electrons. The predicted molar refractivity (Wildman–Crippen MR) is 92.7 cm³/mol. The first-order valence-electron chi connectivity index (χ1n) is 7.08. The van der Waals surface area contributed by atoms with Gasteiger partial charge >= 0.3 is 5.97 Å². The molecule has 3 heterocycles. The number of thiophene rings is 1. The molecule has 0 atom stereocenters. The summed E-state index contributed by atoms with van der Waals surface area (Å²) in [4.78, 5) is 22.1. The normalized spacial score (nSPS) is 11.3. The number of aryl methyl sites for hydroxylation is 1. The SMILES string of the molecule is COC(=O)c1sc2ncn3nc(-c4ccccc4Cl)nc3c2c1C. The Morgan fingerprint density at radius 3 is 2.88 bits per heavy atom. The molecule has 6 nitrogen and oxygen atoms in total. The lowest BCUT2D eigenvalue weighted by molar-refractivity contribution is 0.0605. The van der Waals surface area contributed by atoms with Crippen LogP contribution < -0.4 is 0 Å². The Kier molecular flexibility index (Phi) is 3.47. The summed E-state index contributed by atoms with van der Waals surface area (Å²) < 4.78 is 6.43. The summed E-state index contributed by atoms with van der Waals surface area (Å²) in [5.41, 5.74) is 2.17. The van der Waals surface area contributed by atoms with Crippen molar-refractivity contribution in [1.82, 2.24) is 19.6 Å². The Morgan fingerprint density at radius 1 is 1.33 bits per heavy atom. The molecule has 0 aliphatic heterocycles. The predicted octanol–water partition coefficient (Wildman–Crippen LogP) is 3.75. The molecule has 0 bridgehead atoms. The van der Waals surface area contributed by atoms with E-state index in [4.69, 9.17) is 16.3 Å². The number of carbonyl (C=O) groups is 1. The van der Waals surface area contributed by atoms with Gasteiger partial charge in [-0.3, -0.25) is 0 Å². The molecule has 4 aromatic rings. The first-order valence-corrected chi connectivity index (χ1v) is 8.27. The smallest absolute Gasteiger partial charge is 0.348 e. The van der Waals surface area contributed by atoms with Gasteiger partial charge in [-0.1, -0.05) is 23.7 Å². The van der Waals surface area contributed by atoms with Gasteiger partial charge in [-0.2, -0.15) is 0 Å². The maximum atomic E-state index is 11.9. The van der Waals surface area contributed by atoms with Crippen molar-refractivity contribution in [3.63, 3.8) is 0 Å². The number of hydrogen-bond acceptors (Lipinski definition) is 6. The largest absolute Gasteiger partial charge is 0.465 e. The summed E-state index contributed by atoms with van der Waals surface area (Å²) in [6, 6.07) is 7.39. The van der Waals surface area contributed by atoms with Crippen LogP contribution in [0.15, 0.2) is 30.6 Å². The lowest BCUT2D eigenvalue weighted by atomic mass is 10.2. The second-order valence-electron chi connectivity index (χ2n) is 5.16. The van der Waals surface area contributed by atoms with E-state index in [2.05, 4.69) is 15.1 Å². The number of ether oxygens (including phenoxy) is 1. The molecule has 0 saturated heterocycles. The highest BCUT2D eigenvalue weighted by molar-refractivity contribution is 7.20. The van der Waals surface area contributed by atoms with Crippen LogP contribution in [-0.4, -0.2) is 32.7 Å². The Morgan fingerprint density at radius 2 is 2.12 bits per heavy atom. The summed E-state index contributed by atoms with van der Waals surface area (Å²) in [5, 5.41) is 5.83. The molecular formula is C16H11ClN4O2S. The molecule has 1 aromatic carbocycles. The van der Waals surface area contributed by atoms with E-state index < -0.39 is 0 Å². The van der Waals surface area contributed by atoms with E-state index in [9.17, 15) is 4.79 Å². The van der Waals surface area contributed by atoms with Crippen LogP contribution in [0.3, 0.4) is 0 Å². The van der Waals surface area contributed by atoms with Gasteiger partial charge in [-0.15, -0.1) is 16.4 Å². The van der Waals surface area contributed by atoms with Crippen LogP contribution in [0.25, 0.3) is 27.3 Å². The highest BCUT2D eigenvalue weighted by Crippen LogP contribution is 2.33. The average Bonchev–Trinajstić information content (AvgIpc) is 3.15. The second-order valence-corrected chi connectivity index (χ2v) is 6.56. The molecule has 8 heteroatoms. The van der Waals surface area contributed by atoms with Crippen molar-refractivity contribution >= 4 is 44.8 Å². The number of fused-ring (bicyclic) bond motifs is 3. The van der Waals surface area contributed by atoms with Gasteiger partial charge in [-0.05, 0) is 24.6 Å². The molecule has 0 unspecified atom stereocenters. The average molecular weight is 359 g/mol. The van der Waals surface area contributed by atoms with E-state index in [-0.39, 0.29) is 5.97 Å². The van der Waals surface area contributed by atoms with Gasteiger partial charge in [-0.25, -0.2) is 19.3 Å². The van der Waals surface area contributed by atoms with Gasteiger partial charge in [0.25, 0.3) is 0 Å². The number of aromatic nitrogens is 4. The maximum absolute atomic E-state index is 11.9. The van der Waals surface area contributed by atoms with E-state index in [1.807, 2.05) is 25.1 Å². The van der Waals surface area contributed by atoms with Gasteiger partial charge in [0, 0.05) is 5.56 Å². The zero-order valence-corrected chi connectivity index (χ0v) is 14.4. The molecule has 0 amide bonds. The minimum Gasteiger partial charge on any atom is -0.465 e. The van der Waals surface area contributed by atoms with Crippen LogP contribution in [0.2, 0.25) is 5.02 Å². The van der Waals surface area contributed by atoms with Gasteiger partial charge in [0.2, 0.25) is 0 Å². The molecule has 0 aliphatic carbocycles. The van der Waals surface area contributed by atoms with Crippen LogP contribution in [-0.2, 0) is 4.74 Å². The van der Waals surface area contributed by atoms with Crippen LogP contribution in [0.1, 0.15) is 15.2 Å². The van der Waals surface area contributed by atoms with Crippen molar-refractivity contribution in [2.45, 2.75) is 6.92 Å². The van der Waals surface area contributed by atoms with Gasteiger partial charge < -0.3 is 4.74 Å². The number of hydrogen-bond donors (Lipinski definition) is 0. The highest BCUT2D eigenvalue weighted by atomic mass is 35.5. The second kappa shape index (κ2) is 5.54. The van der Waals surface area contributed by atoms with Crippen molar-refractivity contribution in [2.75, 3.05) is 7.11 Å². The number of rotatable bonds is 2. The van der Waals surface area contributed by atoms with Crippen molar-refractivity contribution < 1.29 is 9.53 Å². The summed E-state index contributed by atoms with van der Waals surface area (Å²) in [5.74, 6) is 0.139. The molecule has 4 rings (SSSR count). The lowest BCUT2D eigenvalue weighted by Crippen LogP contribution is -1.99. The first-order chi connectivity index (χ1) is 11.6. The maximum Gasteiger partial charge on any atom is 0.348 e. The molecule has 0 spiro atoms. The molecule has 3 aromatic heterocycles. The fourth-order valence-corrected chi connectivity index (χ4v) is 3.86. The highest BCUT2D eigenvalue weighted by Gasteiger charge is 2.21. The van der Waals surface area contributed by atoms with E-state index >= 15 is 0 Å². The Labute approximate surface area is 145 Å². The van der Waals surface area contributed by atoms with Crippen LogP contribution in [0.4, 0.5) is 0 Å². The van der Waals surface area contributed by atoms with Crippen LogP contribution >= 0.6 is 22.9 Å². The Bertz CT molecular complexity index is 1100. The third kappa shape index (κ3) is 2.16. The number of carbonyl (C=O) groups excluding carboxylic acids is 1. The Balaban J connectivity index is 2.00. The third-order valence-electron chi connectivity index (χ3n) is 3.75. The topological polar surface area (TPSA) is 69.4 Å². The van der Waals surface area contributed by atoms with Gasteiger partial charge in [0.1, 0.15) is 16.0 Å². The fourth-order valence-electron chi connectivity index (χ4n) is 2.58. The zero-order valence-electron chi connectivity index (χ0n) is 12.8. The number of nitrogens with zero attached hydrogens (tertiary/aromatic N) is 4. The van der Waals surface area contributed by atoms with Gasteiger partial charge in [0.05, 0.1) is 17.5 Å². The van der Waals surface area contributed by atoms with E-state index in [0.29, 0.717) is 21.4 Å². The van der Waals surface area contributed by atoms with Gasteiger partial charge in [0.15, 0.2) is 11.5 Å². The zero-order chi connectivity index (χ0) is 16.8. The fraction of sp³-hybridized carbons (Fsp3) is 0.125. The number of benzene rings is 1. The lowest BCUT2D eigenvalue weighted by Gasteiger charge is -1.96. The quantitative estimate of drug-likeness (QED) is 0.510. The minimum atomic E-state index is -0.375. The third-order valence-corrected chi connectivity index (χ3v) is 5.26. The van der Waals surface area contributed by atoms with Crippen LogP contribution in [0, 0.1) is 6.92 Å². The summed E-state index contributed by atoms with van der Waals surface area (Å²) in [6.07, 6.45) is 1.59. The summed E-state index contributed by atoms with van der Waals surface area (Å²) >= 11 is 7.52. The molecule has 0 aliphatic rings. The molecule has 0 N–H and O–H groups in total. The van der Waals surface area contributed by atoms with E-state index in [0.717, 1.165) is 21.3 Å². The number of halogens is 1.